The van der Waals surface area contributed by atoms with Gasteiger partial charge in [-0.25, -0.2) is 4.98 Å². The van der Waals surface area contributed by atoms with E-state index in [2.05, 4.69) is 11.6 Å². The second kappa shape index (κ2) is 7.55. The number of rotatable bonds is 5. The maximum absolute atomic E-state index is 13.3. The summed E-state index contributed by atoms with van der Waals surface area (Å²) >= 11 is 1.52. The van der Waals surface area contributed by atoms with Crippen molar-refractivity contribution in [3.8, 4) is 0 Å². The van der Waals surface area contributed by atoms with Gasteiger partial charge < -0.3 is 0 Å². The van der Waals surface area contributed by atoms with Crippen molar-refractivity contribution in [2.24, 2.45) is 0 Å². The number of hydrogen-bond acceptors (Lipinski definition) is 5. The van der Waals surface area contributed by atoms with Crippen LogP contribution in [-0.2, 0) is 17.6 Å². The van der Waals surface area contributed by atoms with Gasteiger partial charge in [-0.1, -0.05) is 17.7 Å². The number of aryl methyl sites for hydroxylation is 3. The molecule has 1 aromatic carbocycles. The third-order valence-electron chi connectivity index (χ3n) is 5.46. The fraction of sp³-hybridized carbons (Fsp3) is 0.364. The van der Waals surface area contributed by atoms with Crippen molar-refractivity contribution in [2.75, 3.05) is 11.4 Å². The number of imide groups is 1. The highest BCUT2D eigenvalue weighted by atomic mass is 32.1. The highest BCUT2D eigenvalue weighted by molar-refractivity contribution is 7.16. The van der Waals surface area contributed by atoms with Crippen molar-refractivity contribution >= 4 is 34.2 Å². The zero-order valence-electron chi connectivity index (χ0n) is 16.6. The van der Waals surface area contributed by atoms with Crippen molar-refractivity contribution < 1.29 is 14.4 Å². The number of thiazole rings is 1. The van der Waals surface area contributed by atoms with Gasteiger partial charge in [-0.2, -0.15) is 0 Å². The predicted octanol–water partition coefficient (Wildman–Crippen LogP) is 3.53. The standard InChI is InChI=1S/C22H23N3O3S/c1-4-11-24(22-23-17-7-5-6-8-18(17)29-22)19(26)14(3)25-20(27)15-10-9-13(2)12-16(15)21(25)28/h4,9-10,12,14H,1,5-8,11H2,2-3H3. The smallest absolute Gasteiger partial charge is 0.262 e. The molecular formula is C22H23N3O3S. The Morgan fingerprint density at radius 1 is 1.28 bits per heavy atom. The zero-order valence-corrected chi connectivity index (χ0v) is 17.4. The number of aromatic nitrogens is 1. The number of anilines is 1. The van der Waals surface area contributed by atoms with Crippen molar-refractivity contribution in [2.45, 2.75) is 45.6 Å². The first kappa shape index (κ1) is 19.5. The fourth-order valence-corrected chi connectivity index (χ4v) is 5.07. The average molecular weight is 410 g/mol. The Balaban J connectivity index is 1.63. The monoisotopic (exact) mass is 409 g/mol. The van der Waals surface area contributed by atoms with Gasteiger partial charge in [0.25, 0.3) is 17.7 Å². The van der Waals surface area contributed by atoms with Crippen LogP contribution < -0.4 is 4.90 Å². The molecule has 1 unspecified atom stereocenters. The van der Waals surface area contributed by atoms with Gasteiger partial charge in [0.1, 0.15) is 6.04 Å². The molecule has 0 saturated carbocycles. The molecule has 1 aliphatic carbocycles. The Morgan fingerprint density at radius 3 is 2.72 bits per heavy atom. The van der Waals surface area contributed by atoms with E-state index in [9.17, 15) is 14.4 Å². The number of carbonyl (C=O) groups excluding carboxylic acids is 3. The summed E-state index contributed by atoms with van der Waals surface area (Å²) in [5.41, 5.74) is 2.66. The van der Waals surface area contributed by atoms with E-state index in [0.717, 1.165) is 41.8 Å². The first-order valence-corrected chi connectivity index (χ1v) is 10.6. The largest absolute Gasteiger partial charge is 0.282 e. The van der Waals surface area contributed by atoms with Gasteiger partial charge in [-0.05, 0) is 51.7 Å². The van der Waals surface area contributed by atoms with E-state index in [0.29, 0.717) is 16.3 Å². The van der Waals surface area contributed by atoms with Crippen LogP contribution in [0.2, 0.25) is 0 Å². The summed E-state index contributed by atoms with van der Waals surface area (Å²) in [7, 11) is 0. The molecule has 6 nitrogen and oxygen atoms in total. The molecule has 0 spiro atoms. The molecule has 29 heavy (non-hydrogen) atoms. The third-order valence-corrected chi connectivity index (χ3v) is 6.64. The number of hydrogen-bond donors (Lipinski definition) is 0. The van der Waals surface area contributed by atoms with Gasteiger partial charge in [0.05, 0.1) is 16.8 Å². The van der Waals surface area contributed by atoms with E-state index >= 15 is 0 Å². The van der Waals surface area contributed by atoms with Gasteiger partial charge in [-0.3, -0.25) is 24.2 Å². The van der Waals surface area contributed by atoms with Crippen molar-refractivity contribution in [3.63, 3.8) is 0 Å². The van der Waals surface area contributed by atoms with Gasteiger partial charge in [0, 0.05) is 11.4 Å². The van der Waals surface area contributed by atoms with Crippen LogP contribution in [0.1, 0.15) is 56.6 Å². The van der Waals surface area contributed by atoms with E-state index in [1.54, 1.807) is 31.2 Å². The Kier molecular flexibility index (Phi) is 5.08. The molecule has 1 aromatic heterocycles. The van der Waals surface area contributed by atoms with Crippen LogP contribution in [0.15, 0.2) is 30.9 Å². The van der Waals surface area contributed by atoms with Crippen molar-refractivity contribution in [3.05, 3.63) is 58.1 Å². The Hall–Kier alpha value is -2.80. The van der Waals surface area contributed by atoms with Gasteiger partial charge in [-0.15, -0.1) is 17.9 Å². The second-order valence-corrected chi connectivity index (χ2v) is 8.58. The molecule has 0 N–H and O–H groups in total. The van der Waals surface area contributed by atoms with E-state index < -0.39 is 17.9 Å². The van der Waals surface area contributed by atoms with E-state index in [1.807, 2.05) is 6.92 Å². The molecule has 1 atom stereocenters. The minimum atomic E-state index is -0.927. The molecular weight excluding hydrogens is 386 g/mol. The highest BCUT2D eigenvalue weighted by Gasteiger charge is 2.42. The Bertz CT molecular complexity index is 1000. The highest BCUT2D eigenvalue weighted by Crippen LogP contribution is 2.33. The summed E-state index contributed by atoms with van der Waals surface area (Å²) in [4.78, 5) is 47.6. The molecule has 0 fully saturated rings. The number of amides is 3. The van der Waals surface area contributed by atoms with E-state index in [-0.39, 0.29) is 12.5 Å². The molecule has 7 heteroatoms. The van der Waals surface area contributed by atoms with Crippen LogP contribution in [0.5, 0.6) is 0 Å². The van der Waals surface area contributed by atoms with E-state index in [4.69, 9.17) is 0 Å². The second-order valence-electron chi connectivity index (χ2n) is 7.52. The first-order chi connectivity index (χ1) is 13.9. The Labute approximate surface area is 173 Å². The third kappa shape index (κ3) is 3.29. The quantitative estimate of drug-likeness (QED) is 0.559. The lowest BCUT2D eigenvalue weighted by molar-refractivity contribution is -0.121. The fourth-order valence-electron chi connectivity index (χ4n) is 3.91. The van der Waals surface area contributed by atoms with E-state index in [1.165, 1.54) is 21.1 Å². The first-order valence-electron chi connectivity index (χ1n) is 9.81. The summed E-state index contributed by atoms with van der Waals surface area (Å²) in [6.45, 7) is 7.49. The molecule has 0 radical (unpaired) electrons. The van der Waals surface area contributed by atoms with Crippen molar-refractivity contribution in [1.29, 1.82) is 0 Å². The molecule has 3 amide bonds. The number of benzene rings is 1. The van der Waals surface area contributed by atoms with Gasteiger partial charge in [0.15, 0.2) is 5.13 Å². The van der Waals surface area contributed by atoms with Gasteiger partial charge >= 0.3 is 0 Å². The van der Waals surface area contributed by atoms with Crippen molar-refractivity contribution in [1.82, 2.24) is 9.88 Å². The predicted molar refractivity (Wildman–Crippen MR) is 112 cm³/mol. The summed E-state index contributed by atoms with van der Waals surface area (Å²) in [6.07, 6.45) is 5.79. The number of nitrogens with zero attached hydrogens (tertiary/aromatic N) is 3. The van der Waals surface area contributed by atoms with Crippen LogP contribution in [0.25, 0.3) is 0 Å². The maximum Gasteiger partial charge on any atom is 0.262 e. The minimum absolute atomic E-state index is 0.276. The van der Waals surface area contributed by atoms with Crippen LogP contribution in [0.3, 0.4) is 0 Å². The number of fused-ring (bicyclic) bond motifs is 2. The molecule has 4 rings (SSSR count). The average Bonchev–Trinajstić information content (AvgIpc) is 3.24. The van der Waals surface area contributed by atoms with Crippen LogP contribution in [0, 0.1) is 6.92 Å². The summed E-state index contributed by atoms with van der Waals surface area (Å²) in [5, 5.41) is 0.612. The maximum atomic E-state index is 13.3. The molecule has 2 aromatic rings. The molecule has 2 heterocycles. The molecule has 1 aliphatic heterocycles. The summed E-state index contributed by atoms with van der Waals surface area (Å²) < 4.78 is 0. The zero-order chi connectivity index (χ0) is 20.7. The SMILES string of the molecule is C=CCN(C(=O)C(C)N1C(=O)c2ccc(C)cc2C1=O)c1nc2c(s1)CCCC2. The molecule has 0 bridgehead atoms. The van der Waals surface area contributed by atoms with Crippen LogP contribution in [-0.4, -0.2) is 40.2 Å². The van der Waals surface area contributed by atoms with Crippen LogP contribution in [0.4, 0.5) is 5.13 Å². The Morgan fingerprint density at radius 2 is 2.00 bits per heavy atom. The lowest BCUT2D eigenvalue weighted by atomic mass is 10.0. The van der Waals surface area contributed by atoms with Crippen LogP contribution >= 0.6 is 11.3 Å². The molecule has 2 aliphatic rings. The summed E-state index contributed by atoms with van der Waals surface area (Å²) in [5.74, 6) is -1.18. The summed E-state index contributed by atoms with van der Waals surface area (Å²) in [6, 6.07) is 4.22. The van der Waals surface area contributed by atoms with Gasteiger partial charge in [0.2, 0.25) is 0 Å². The minimum Gasteiger partial charge on any atom is -0.282 e. The topological polar surface area (TPSA) is 70.6 Å². The molecule has 150 valence electrons. The normalized spacial score (nSPS) is 16.4. The number of carbonyl (C=O) groups is 3. The lowest BCUT2D eigenvalue weighted by Gasteiger charge is -2.27. The molecule has 0 saturated heterocycles. The lowest BCUT2D eigenvalue weighted by Crippen LogP contribution is -2.49.